The standard InChI is InChI=1S/C13H17NO4S/c1-3-9-4-5-10(19-9)12(17)14-7-13(2,8-14)18-6-11(15)16/h4-5H,3,6-8H2,1-2H3,(H,15,16). The van der Waals surface area contributed by atoms with E-state index in [-0.39, 0.29) is 12.5 Å². The van der Waals surface area contributed by atoms with E-state index in [0.717, 1.165) is 11.3 Å². The van der Waals surface area contributed by atoms with Gasteiger partial charge in [0, 0.05) is 4.88 Å². The fourth-order valence-corrected chi connectivity index (χ4v) is 2.99. The van der Waals surface area contributed by atoms with Crippen LogP contribution in [0.25, 0.3) is 0 Å². The molecule has 1 fully saturated rings. The van der Waals surface area contributed by atoms with Crippen molar-refractivity contribution in [2.24, 2.45) is 0 Å². The Morgan fingerprint density at radius 1 is 1.47 bits per heavy atom. The zero-order valence-corrected chi connectivity index (χ0v) is 11.8. The van der Waals surface area contributed by atoms with E-state index in [2.05, 4.69) is 6.92 Å². The van der Waals surface area contributed by atoms with Crippen LogP contribution in [0.4, 0.5) is 0 Å². The first-order valence-electron chi connectivity index (χ1n) is 6.17. The normalized spacial score (nSPS) is 17.1. The van der Waals surface area contributed by atoms with Crippen LogP contribution < -0.4 is 0 Å². The summed E-state index contributed by atoms with van der Waals surface area (Å²) in [7, 11) is 0. The van der Waals surface area contributed by atoms with Gasteiger partial charge < -0.3 is 14.7 Å². The van der Waals surface area contributed by atoms with E-state index in [4.69, 9.17) is 9.84 Å². The third-order valence-corrected chi connectivity index (χ3v) is 4.32. The summed E-state index contributed by atoms with van der Waals surface area (Å²) in [5, 5.41) is 8.58. The van der Waals surface area contributed by atoms with Gasteiger partial charge in [-0.1, -0.05) is 6.92 Å². The van der Waals surface area contributed by atoms with Crippen LogP contribution in [0.15, 0.2) is 12.1 Å². The number of ether oxygens (including phenoxy) is 1. The number of nitrogens with zero attached hydrogens (tertiary/aromatic N) is 1. The number of carbonyl (C=O) groups excluding carboxylic acids is 1. The molecule has 1 N–H and O–H groups in total. The molecule has 5 nitrogen and oxygen atoms in total. The number of carboxylic acids is 1. The smallest absolute Gasteiger partial charge is 0.329 e. The fraction of sp³-hybridized carbons (Fsp3) is 0.538. The van der Waals surface area contributed by atoms with E-state index >= 15 is 0 Å². The highest BCUT2D eigenvalue weighted by Gasteiger charge is 2.43. The first-order valence-corrected chi connectivity index (χ1v) is 6.99. The summed E-state index contributed by atoms with van der Waals surface area (Å²) in [6, 6.07) is 3.82. The molecule has 0 radical (unpaired) electrons. The van der Waals surface area contributed by atoms with Crippen molar-refractivity contribution in [3.63, 3.8) is 0 Å². The van der Waals surface area contributed by atoms with E-state index < -0.39 is 11.6 Å². The minimum Gasteiger partial charge on any atom is -0.480 e. The van der Waals surface area contributed by atoms with E-state index in [1.54, 1.807) is 4.90 Å². The Bertz CT molecular complexity index is 491. The van der Waals surface area contributed by atoms with Crippen molar-refractivity contribution in [1.82, 2.24) is 4.90 Å². The van der Waals surface area contributed by atoms with Gasteiger partial charge in [-0.3, -0.25) is 4.79 Å². The predicted octanol–water partition coefficient (Wildman–Crippen LogP) is 1.63. The zero-order valence-electron chi connectivity index (χ0n) is 11.0. The number of thiophene rings is 1. The number of hydrogen-bond donors (Lipinski definition) is 1. The molecular weight excluding hydrogens is 266 g/mol. The first kappa shape index (κ1) is 14.0. The molecule has 1 aromatic rings. The number of aryl methyl sites for hydroxylation is 1. The van der Waals surface area contributed by atoms with Crippen molar-refractivity contribution in [2.75, 3.05) is 19.7 Å². The average molecular weight is 283 g/mol. The minimum atomic E-state index is -0.989. The molecule has 0 aliphatic carbocycles. The summed E-state index contributed by atoms with van der Waals surface area (Å²) in [5.41, 5.74) is -0.529. The van der Waals surface area contributed by atoms with Gasteiger partial charge >= 0.3 is 5.97 Å². The maximum atomic E-state index is 12.1. The van der Waals surface area contributed by atoms with E-state index in [9.17, 15) is 9.59 Å². The molecule has 1 aliphatic heterocycles. The highest BCUT2D eigenvalue weighted by molar-refractivity contribution is 7.14. The summed E-state index contributed by atoms with van der Waals surface area (Å²) in [6.07, 6.45) is 0.928. The van der Waals surface area contributed by atoms with Crippen molar-refractivity contribution >= 4 is 23.2 Å². The Balaban J connectivity index is 1.89. The second kappa shape index (κ2) is 5.30. The maximum Gasteiger partial charge on any atom is 0.329 e. The molecule has 0 atom stereocenters. The van der Waals surface area contributed by atoms with Crippen molar-refractivity contribution in [3.05, 3.63) is 21.9 Å². The molecule has 0 saturated carbocycles. The number of hydrogen-bond acceptors (Lipinski definition) is 4. The lowest BCUT2D eigenvalue weighted by Crippen LogP contribution is -2.63. The lowest BCUT2D eigenvalue weighted by Gasteiger charge is -2.47. The van der Waals surface area contributed by atoms with Crippen LogP contribution in [0.3, 0.4) is 0 Å². The molecule has 0 bridgehead atoms. The van der Waals surface area contributed by atoms with Crippen LogP contribution in [0.2, 0.25) is 0 Å². The molecule has 1 saturated heterocycles. The molecular formula is C13H17NO4S. The van der Waals surface area contributed by atoms with Crippen molar-refractivity contribution in [2.45, 2.75) is 25.9 Å². The highest BCUT2D eigenvalue weighted by Crippen LogP contribution is 2.28. The average Bonchev–Trinajstić information content (AvgIpc) is 2.80. The molecule has 104 valence electrons. The monoisotopic (exact) mass is 283 g/mol. The summed E-state index contributed by atoms with van der Waals surface area (Å²) in [6.45, 7) is 4.45. The van der Waals surface area contributed by atoms with Gasteiger partial charge in [0.15, 0.2) is 0 Å². The Morgan fingerprint density at radius 2 is 2.16 bits per heavy atom. The Labute approximate surface area is 115 Å². The van der Waals surface area contributed by atoms with Gasteiger partial charge in [0.1, 0.15) is 12.2 Å². The molecule has 1 amide bonds. The third-order valence-electron chi connectivity index (χ3n) is 3.10. The molecule has 0 unspecified atom stereocenters. The Hall–Kier alpha value is -1.40. The van der Waals surface area contributed by atoms with Gasteiger partial charge in [-0.2, -0.15) is 0 Å². The molecule has 1 aliphatic rings. The molecule has 2 heterocycles. The minimum absolute atomic E-state index is 0.00102. The number of carboxylic acid groups (broad SMARTS) is 1. The molecule has 6 heteroatoms. The maximum absolute atomic E-state index is 12.1. The number of carbonyl (C=O) groups is 2. The van der Waals surface area contributed by atoms with Gasteiger partial charge in [0.05, 0.1) is 18.0 Å². The quantitative estimate of drug-likeness (QED) is 0.892. The number of aliphatic carboxylic acids is 1. The van der Waals surface area contributed by atoms with E-state index in [1.807, 2.05) is 19.1 Å². The molecule has 0 spiro atoms. The molecule has 1 aromatic heterocycles. The summed E-state index contributed by atoms with van der Waals surface area (Å²) in [4.78, 5) is 26.2. The predicted molar refractivity (Wildman–Crippen MR) is 71.6 cm³/mol. The Kier molecular flexibility index (Phi) is 3.91. The second-order valence-electron chi connectivity index (χ2n) is 4.91. The SMILES string of the molecule is CCc1ccc(C(=O)N2CC(C)(OCC(=O)O)C2)s1. The van der Waals surface area contributed by atoms with Gasteiger partial charge in [-0.15, -0.1) is 11.3 Å². The fourth-order valence-electron chi connectivity index (χ4n) is 2.07. The largest absolute Gasteiger partial charge is 0.480 e. The number of amides is 1. The molecule has 2 rings (SSSR count). The number of likely N-dealkylation sites (tertiary alicyclic amines) is 1. The van der Waals surface area contributed by atoms with E-state index in [0.29, 0.717) is 13.1 Å². The topological polar surface area (TPSA) is 66.8 Å². The summed E-state index contributed by atoms with van der Waals surface area (Å²) < 4.78 is 5.28. The highest BCUT2D eigenvalue weighted by atomic mass is 32.1. The Morgan fingerprint density at radius 3 is 2.68 bits per heavy atom. The van der Waals surface area contributed by atoms with E-state index in [1.165, 1.54) is 16.2 Å². The zero-order chi connectivity index (χ0) is 14.0. The summed E-state index contributed by atoms with van der Waals surface area (Å²) in [5.74, 6) is -0.988. The van der Waals surface area contributed by atoms with Crippen LogP contribution in [0, 0.1) is 0 Å². The van der Waals surface area contributed by atoms with Crippen molar-refractivity contribution in [3.8, 4) is 0 Å². The van der Waals surface area contributed by atoms with Crippen LogP contribution in [0.5, 0.6) is 0 Å². The number of rotatable bonds is 5. The van der Waals surface area contributed by atoms with Crippen LogP contribution in [0.1, 0.15) is 28.4 Å². The van der Waals surface area contributed by atoms with Gasteiger partial charge in [-0.05, 0) is 25.5 Å². The van der Waals surface area contributed by atoms with Gasteiger partial charge in [-0.25, -0.2) is 4.79 Å². The van der Waals surface area contributed by atoms with Crippen molar-refractivity contribution in [1.29, 1.82) is 0 Å². The second-order valence-corrected chi connectivity index (χ2v) is 6.08. The van der Waals surface area contributed by atoms with Crippen LogP contribution in [-0.2, 0) is 16.0 Å². The van der Waals surface area contributed by atoms with Crippen LogP contribution in [-0.4, -0.2) is 47.2 Å². The van der Waals surface area contributed by atoms with Gasteiger partial charge in [0.2, 0.25) is 0 Å². The molecule has 0 aromatic carbocycles. The summed E-state index contributed by atoms with van der Waals surface area (Å²) >= 11 is 1.51. The van der Waals surface area contributed by atoms with Crippen LogP contribution >= 0.6 is 11.3 Å². The first-order chi connectivity index (χ1) is 8.93. The third kappa shape index (κ3) is 3.13. The molecule has 19 heavy (non-hydrogen) atoms. The lowest BCUT2D eigenvalue weighted by molar-refractivity contribution is -0.159. The van der Waals surface area contributed by atoms with Crippen molar-refractivity contribution < 1.29 is 19.4 Å². The van der Waals surface area contributed by atoms with Gasteiger partial charge in [0.25, 0.3) is 5.91 Å². The lowest BCUT2D eigenvalue weighted by atomic mass is 9.96.